The van der Waals surface area contributed by atoms with Crippen LogP contribution in [0.5, 0.6) is 11.5 Å². The molecule has 0 spiro atoms. The predicted molar refractivity (Wildman–Crippen MR) is 97.2 cm³/mol. The molecule has 1 heterocycles. The third-order valence-electron chi connectivity index (χ3n) is 4.55. The summed E-state index contributed by atoms with van der Waals surface area (Å²) in [6.45, 7) is 6.35. The summed E-state index contributed by atoms with van der Waals surface area (Å²) >= 11 is 0. The van der Waals surface area contributed by atoms with Gasteiger partial charge >= 0.3 is 5.97 Å². The first-order valence-corrected chi connectivity index (χ1v) is 8.34. The molecule has 3 rings (SSSR count). The van der Waals surface area contributed by atoms with Crippen molar-refractivity contribution in [1.82, 2.24) is 0 Å². The van der Waals surface area contributed by atoms with E-state index in [2.05, 4.69) is 5.32 Å². The average molecular weight is 355 g/mol. The van der Waals surface area contributed by atoms with Crippen LogP contribution in [0.25, 0.3) is 0 Å². The molecule has 0 unspecified atom stereocenters. The molecule has 2 aromatic rings. The van der Waals surface area contributed by atoms with Gasteiger partial charge in [-0.1, -0.05) is 6.07 Å². The Kier molecular flexibility index (Phi) is 4.59. The lowest BCUT2D eigenvalue weighted by atomic mass is 9.83. The van der Waals surface area contributed by atoms with Gasteiger partial charge < -0.3 is 19.9 Å². The highest BCUT2D eigenvalue weighted by molar-refractivity contribution is 5.99. The molecule has 6 nitrogen and oxygen atoms in total. The minimum atomic E-state index is -0.989. The van der Waals surface area contributed by atoms with E-state index in [-0.39, 0.29) is 11.5 Å². The average Bonchev–Trinajstić information content (AvgIpc) is 2.61. The number of benzene rings is 2. The molecule has 6 heteroatoms. The lowest BCUT2D eigenvalue weighted by Gasteiger charge is -2.26. The molecular formula is C20H21NO5. The van der Waals surface area contributed by atoms with Crippen LogP contribution in [0.2, 0.25) is 0 Å². The van der Waals surface area contributed by atoms with E-state index in [1.54, 1.807) is 19.1 Å². The fraction of sp³-hybridized carbons (Fsp3) is 0.300. The van der Waals surface area contributed by atoms with E-state index in [4.69, 9.17) is 14.6 Å². The molecule has 1 aliphatic rings. The van der Waals surface area contributed by atoms with Crippen LogP contribution in [0.4, 0.5) is 5.69 Å². The number of hydrogen-bond acceptors (Lipinski definition) is 4. The number of carboxylic acid groups (broad SMARTS) is 1. The van der Waals surface area contributed by atoms with Gasteiger partial charge in [-0.25, -0.2) is 4.79 Å². The Balaban J connectivity index is 1.82. The molecule has 0 atom stereocenters. The molecule has 0 aliphatic carbocycles. The standard InChI is InChI=1S/C20H21NO5/c1-12-10-14(5-6-15(12)18(22)23)21-19(24)20(2,3)13-4-7-16-17(11-13)26-9-8-25-16/h4-7,10-11H,8-9H2,1-3H3,(H,21,24)(H,22,23). The maximum Gasteiger partial charge on any atom is 0.335 e. The van der Waals surface area contributed by atoms with E-state index in [9.17, 15) is 9.59 Å². The number of aryl methyl sites for hydroxylation is 1. The summed E-state index contributed by atoms with van der Waals surface area (Å²) in [5.41, 5.74) is 1.36. The van der Waals surface area contributed by atoms with Gasteiger partial charge in [0, 0.05) is 5.69 Å². The van der Waals surface area contributed by atoms with Gasteiger partial charge in [-0.15, -0.1) is 0 Å². The zero-order chi connectivity index (χ0) is 18.9. The Morgan fingerprint density at radius 3 is 2.38 bits per heavy atom. The van der Waals surface area contributed by atoms with Crippen LogP contribution in [0.3, 0.4) is 0 Å². The highest BCUT2D eigenvalue weighted by atomic mass is 16.6. The van der Waals surface area contributed by atoms with Crippen LogP contribution in [-0.4, -0.2) is 30.2 Å². The van der Waals surface area contributed by atoms with Gasteiger partial charge in [-0.05, 0) is 62.2 Å². The molecule has 1 amide bonds. The number of amides is 1. The lowest BCUT2D eigenvalue weighted by molar-refractivity contribution is -0.120. The van der Waals surface area contributed by atoms with Crippen LogP contribution in [-0.2, 0) is 10.2 Å². The van der Waals surface area contributed by atoms with Crippen molar-refractivity contribution in [3.8, 4) is 11.5 Å². The maximum atomic E-state index is 12.8. The van der Waals surface area contributed by atoms with Crippen molar-refractivity contribution in [3.05, 3.63) is 53.1 Å². The zero-order valence-corrected chi connectivity index (χ0v) is 15.0. The number of rotatable bonds is 4. The zero-order valence-electron chi connectivity index (χ0n) is 15.0. The molecule has 2 aromatic carbocycles. The Hall–Kier alpha value is -3.02. The summed E-state index contributed by atoms with van der Waals surface area (Å²) in [6, 6.07) is 10.2. The van der Waals surface area contributed by atoms with Crippen molar-refractivity contribution >= 4 is 17.6 Å². The quantitative estimate of drug-likeness (QED) is 0.878. The number of aromatic carboxylic acids is 1. The van der Waals surface area contributed by atoms with Crippen molar-refractivity contribution in [3.63, 3.8) is 0 Å². The van der Waals surface area contributed by atoms with E-state index in [0.717, 1.165) is 5.56 Å². The predicted octanol–water partition coefficient (Wildman–Crippen LogP) is 3.38. The third kappa shape index (κ3) is 3.35. The van der Waals surface area contributed by atoms with Crippen molar-refractivity contribution < 1.29 is 24.2 Å². The molecule has 136 valence electrons. The number of ether oxygens (including phenoxy) is 2. The van der Waals surface area contributed by atoms with Gasteiger partial charge in [0.05, 0.1) is 11.0 Å². The number of hydrogen-bond donors (Lipinski definition) is 2. The van der Waals surface area contributed by atoms with Gasteiger partial charge in [-0.3, -0.25) is 4.79 Å². The first-order valence-electron chi connectivity index (χ1n) is 8.34. The fourth-order valence-electron chi connectivity index (χ4n) is 2.83. The van der Waals surface area contributed by atoms with Gasteiger partial charge in [-0.2, -0.15) is 0 Å². The summed E-state index contributed by atoms with van der Waals surface area (Å²) in [5, 5.41) is 12.0. The summed E-state index contributed by atoms with van der Waals surface area (Å²) in [4.78, 5) is 23.9. The van der Waals surface area contributed by atoms with Gasteiger partial charge in [0.1, 0.15) is 13.2 Å². The summed E-state index contributed by atoms with van der Waals surface area (Å²) in [5.74, 6) is 0.126. The van der Waals surface area contributed by atoms with Gasteiger partial charge in [0.2, 0.25) is 5.91 Å². The van der Waals surface area contributed by atoms with Crippen LogP contribution >= 0.6 is 0 Å². The minimum Gasteiger partial charge on any atom is -0.486 e. The number of fused-ring (bicyclic) bond motifs is 1. The molecule has 0 aromatic heterocycles. The van der Waals surface area contributed by atoms with E-state index >= 15 is 0 Å². The molecule has 1 aliphatic heterocycles. The molecule has 0 fully saturated rings. The highest BCUT2D eigenvalue weighted by Gasteiger charge is 2.31. The second-order valence-corrected chi connectivity index (χ2v) is 6.77. The SMILES string of the molecule is Cc1cc(NC(=O)C(C)(C)c2ccc3c(c2)OCCO3)ccc1C(=O)O. The van der Waals surface area contributed by atoms with Crippen LogP contribution in [0.15, 0.2) is 36.4 Å². The molecule has 0 saturated carbocycles. The van der Waals surface area contributed by atoms with E-state index in [1.807, 2.05) is 32.0 Å². The lowest BCUT2D eigenvalue weighted by Crippen LogP contribution is -2.35. The summed E-state index contributed by atoms with van der Waals surface area (Å²) < 4.78 is 11.1. The second-order valence-electron chi connectivity index (χ2n) is 6.77. The van der Waals surface area contributed by atoms with Crippen molar-refractivity contribution in [2.45, 2.75) is 26.2 Å². The largest absolute Gasteiger partial charge is 0.486 e. The summed E-state index contributed by atoms with van der Waals surface area (Å²) in [6.07, 6.45) is 0. The minimum absolute atomic E-state index is 0.198. The van der Waals surface area contributed by atoms with Gasteiger partial charge in [0.25, 0.3) is 0 Å². The van der Waals surface area contributed by atoms with Crippen LogP contribution in [0.1, 0.15) is 35.3 Å². The van der Waals surface area contributed by atoms with Crippen molar-refractivity contribution in [1.29, 1.82) is 0 Å². The molecular weight excluding hydrogens is 334 g/mol. The smallest absolute Gasteiger partial charge is 0.335 e. The topological polar surface area (TPSA) is 84.9 Å². The Labute approximate surface area is 151 Å². The van der Waals surface area contributed by atoms with Gasteiger partial charge in [0.15, 0.2) is 11.5 Å². The number of carbonyl (C=O) groups excluding carboxylic acids is 1. The van der Waals surface area contributed by atoms with Crippen molar-refractivity contribution in [2.24, 2.45) is 0 Å². The first-order chi connectivity index (χ1) is 12.3. The van der Waals surface area contributed by atoms with E-state index in [1.165, 1.54) is 6.07 Å². The monoisotopic (exact) mass is 355 g/mol. The van der Waals surface area contributed by atoms with Crippen molar-refractivity contribution in [2.75, 3.05) is 18.5 Å². The molecule has 2 N–H and O–H groups in total. The third-order valence-corrected chi connectivity index (χ3v) is 4.55. The molecule has 26 heavy (non-hydrogen) atoms. The number of anilines is 1. The highest BCUT2D eigenvalue weighted by Crippen LogP contribution is 2.35. The maximum absolute atomic E-state index is 12.8. The molecule has 0 saturated heterocycles. The number of nitrogens with one attached hydrogen (secondary N) is 1. The fourth-order valence-corrected chi connectivity index (χ4v) is 2.83. The number of carboxylic acids is 1. The van der Waals surface area contributed by atoms with Crippen LogP contribution in [0, 0.1) is 6.92 Å². The summed E-state index contributed by atoms with van der Waals surface area (Å²) in [7, 11) is 0. The molecule has 0 radical (unpaired) electrons. The second kappa shape index (κ2) is 6.71. The van der Waals surface area contributed by atoms with E-state index < -0.39 is 11.4 Å². The molecule has 0 bridgehead atoms. The Morgan fingerprint density at radius 2 is 1.73 bits per heavy atom. The Bertz CT molecular complexity index is 873. The number of carbonyl (C=O) groups is 2. The Morgan fingerprint density at radius 1 is 1.04 bits per heavy atom. The van der Waals surface area contributed by atoms with Crippen LogP contribution < -0.4 is 14.8 Å². The normalized spacial score (nSPS) is 13.2. The van der Waals surface area contributed by atoms with E-state index in [0.29, 0.717) is 36.0 Å². The first kappa shape index (κ1) is 17.8.